The van der Waals surface area contributed by atoms with Crippen molar-refractivity contribution in [2.45, 2.75) is 45.1 Å². The average Bonchev–Trinajstić information content (AvgIpc) is 2.29. The molecule has 1 aliphatic heterocycles. The Balaban J connectivity index is 2.38. The molecular formula is C11H19NO3. The van der Waals surface area contributed by atoms with Crippen molar-refractivity contribution in [1.29, 1.82) is 0 Å². The molecule has 1 saturated heterocycles. The smallest absolute Gasteiger partial charge is 0.410 e. The van der Waals surface area contributed by atoms with E-state index in [1.807, 2.05) is 6.92 Å². The highest BCUT2D eigenvalue weighted by Gasteiger charge is 2.26. The third-order valence-corrected chi connectivity index (χ3v) is 2.66. The number of piperidine rings is 1. The first-order valence-electron chi connectivity index (χ1n) is 5.68. The highest BCUT2D eigenvalue weighted by molar-refractivity contribution is 5.73. The van der Waals surface area contributed by atoms with Gasteiger partial charge < -0.3 is 9.53 Å². The molecule has 1 atom stereocenters. The molecule has 0 bridgehead atoms. The van der Waals surface area contributed by atoms with Crippen molar-refractivity contribution in [3.8, 4) is 0 Å². The van der Waals surface area contributed by atoms with Gasteiger partial charge in [-0.15, -0.1) is 0 Å². The number of aldehydes is 1. The summed E-state index contributed by atoms with van der Waals surface area (Å²) in [6.07, 6.45) is 5.15. The minimum atomic E-state index is -0.333. The molecule has 4 heteroatoms. The number of amides is 1. The van der Waals surface area contributed by atoms with Crippen LogP contribution in [0.4, 0.5) is 4.79 Å². The zero-order valence-electron chi connectivity index (χ0n) is 9.28. The molecule has 1 heterocycles. The van der Waals surface area contributed by atoms with E-state index in [9.17, 15) is 9.59 Å². The SMILES string of the molecule is CCCCOC(=O)N1CCCC[C@H]1C=O. The third-order valence-electron chi connectivity index (χ3n) is 2.66. The summed E-state index contributed by atoms with van der Waals surface area (Å²) in [5, 5.41) is 0. The first kappa shape index (κ1) is 12.0. The normalized spacial score (nSPS) is 21.1. The Hall–Kier alpha value is -1.06. The van der Waals surface area contributed by atoms with Crippen molar-refractivity contribution in [2.24, 2.45) is 0 Å². The van der Waals surface area contributed by atoms with Crippen molar-refractivity contribution in [1.82, 2.24) is 4.90 Å². The van der Waals surface area contributed by atoms with Crippen molar-refractivity contribution >= 4 is 12.4 Å². The Morgan fingerprint density at radius 2 is 2.33 bits per heavy atom. The maximum Gasteiger partial charge on any atom is 0.410 e. The maximum absolute atomic E-state index is 11.6. The molecule has 0 saturated carbocycles. The van der Waals surface area contributed by atoms with E-state index in [-0.39, 0.29) is 12.1 Å². The average molecular weight is 213 g/mol. The molecule has 0 spiro atoms. The fourth-order valence-electron chi connectivity index (χ4n) is 1.71. The standard InChI is InChI=1S/C11H19NO3/c1-2-3-8-15-11(14)12-7-5-4-6-10(12)9-13/h9-10H,2-8H2,1H3/t10-/m0/s1. The van der Waals surface area contributed by atoms with Gasteiger partial charge in [-0.2, -0.15) is 0 Å². The van der Waals surface area contributed by atoms with Crippen LogP contribution < -0.4 is 0 Å². The zero-order valence-corrected chi connectivity index (χ0v) is 9.28. The second kappa shape index (κ2) is 6.43. The van der Waals surface area contributed by atoms with Gasteiger partial charge >= 0.3 is 6.09 Å². The second-order valence-corrected chi connectivity index (χ2v) is 3.86. The number of rotatable bonds is 4. The van der Waals surface area contributed by atoms with Gasteiger partial charge in [-0.1, -0.05) is 13.3 Å². The fraction of sp³-hybridized carbons (Fsp3) is 0.818. The molecule has 15 heavy (non-hydrogen) atoms. The lowest BCUT2D eigenvalue weighted by molar-refractivity contribution is -0.113. The van der Waals surface area contributed by atoms with Crippen molar-refractivity contribution in [3.05, 3.63) is 0 Å². The number of unbranched alkanes of at least 4 members (excludes halogenated alkanes) is 1. The Morgan fingerprint density at radius 1 is 1.53 bits per heavy atom. The molecule has 0 N–H and O–H groups in total. The highest BCUT2D eigenvalue weighted by Crippen LogP contribution is 2.16. The van der Waals surface area contributed by atoms with Gasteiger partial charge in [0.2, 0.25) is 0 Å². The number of nitrogens with zero attached hydrogens (tertiary/aromatic N) is 1. The number of hydrogen-bond donors (Lipinski definition) is 0. The molecule has 86 valence electrons. The van der Waals surface area contributed by atoms with Crippen LogP contribution in [-0.2, 0) is 9.53 Å². The van der Waals surface area contributed by atoms with Crippen molar-refractivity contribution in [2.75, 3.05) is 13.2 Å². The quantitative estimate of drug-likeness (QED) is 0.530. The highest BCUT2D eigenvalue weighted by atomic mass is 16.6. The molecule has 1 fully saturated rings. The van der Waals surface area contributed by atoms with E-state index in [0.29, 0.717) is 13.2 Å². The monoisotopic (exact) mass is 213 g/mol. The summed E-state index contributed by atoms with van der Waals surface area (Å²) in [6.45, 7) is 3.15. The van der Waals surface area contributed by atoms with Gasteiger partial charge in [-0.05, 0) is 25.7 Å². The Bertz CT molecular complexity index is 218. The largest absolute Gasteiger partial charge is 0.449 e. The summed E-state index contributed by atoms with van der Waals surface area (Å²) in [5.41, 5.74) is 0. The molecule has 0 aromatic carbocycles. The van der Waals surface area contributed by atoms with E-state index in [0.717, 1.165) is 38.4 Å². The molecule has 1 amide bonds. The maximum atomic E-state index is 11.6. The van der Waals surface area contributed by atoms with Crippen LogP contribution in [0.5, 0.6) is 0 Å². The van der Waals surface area contributed by atoms with E-state index in [4.69, 9.17) is 4.74 Å². The van der Waals surface area contributed by atoms with Gasteiger partial charge in [0.15, 0.2) is 0 Å². The first-order chi connectivity index (χ1) is 7.29. The van der Waals surface area contributed by atoms with Crippen LogP contribution in [0.3, 0.4) is 0 Å². The topological polar surface area (TPSA) is 46.6 Å². The minimum absolute atomic E-state index is 0.270. The summed E-state index contributed by atoms with van der Waals surface area (Å²) in [5.74, 6) is 0. The summed E-state index contributed by atoms with van der Waals surface area (Å²) in [7, 11) is 0. The Labute approximate surface area is 90.6 Å². The molecule has 4 nitrogen and oxygen atoms in total. The predicted octanol–water partition coefficient (Wildman–Crippen LogP) is 1.98. The van der Waals surface area contributed by atoms with Crippen LogP contribution in [0.15, 0.2) is 0 Å². The van der Waals surface area contributed by atoms with Gasteiger partial charge in [-0.25, -0.2) is 4.79 Å². The van der Waals surface area contributed by atoms with E-state index >= 15 is 0 Å². The van der Waals surface area contributed by atoms with Gasteiger partial charge in [-0.3, -0.25) is 4.90 Å². The fourth-order valence-corrected chi connectivity index (χ4v) is 1.71. The van der Waals surface area contributed by atoms with Gasteiger partial charge in [0, 0.05) is 6.54 Å². The van der Waals surface area contributed by atoms with Crippen molar-refractivity contribution in [3.63, 3.8) is 0 Å². The van der Waals surface area contributed by atoms with E-state index in [1.165, 1.54) is 0 Å². The molecular weight excluding hydrogens is 194 g/mol. The molecule has 0 aliphatic carbocycles. The van der Waals surface area contributed by atoms with Crippen LogP contribution in [0, 0.1) is 0 Å². The third kappa shape index (κ3) is 3.53. The number of carbonyl (C=O) groups is 2. The number of likely N-dealkylation sites (tertiary alicyclic amines) is 1. The van der Waals surface area contributed by atoms with Crippen LogP contribution in [0.1, 0.15) is 39.0 Å². The van der Waals surface area contributed by atoms with E-state index in [1.54, 1.807) is 4.90 Å². The lowest BCUT2D eigenvalue weighted by atomic mass is 10.0. The van der Waals surface area contributed by atoms with Crippen LogP contribution in [0.25, 0.3) is 0 Å². The van der Waals surface area contributed by atoms with Crippen LogP contribution >= 0.6 is 0 Å². The van der Waals surface area contributed by atoms with Gasteiger partial charge in [0.1, 0.15) is 6.29 Å². The molecule has 0 aromatic heterocycles. The van der Waals surface area contributed by atoms with E-state index < -0.39 is 0 Å². The first-order valence-corrected chi connectivity index (χ1v) is 5.68. The summed E-state index contributed by atoms with van der Waals surface area (Å²) < 4.78 is 5.08. The summed E-state index contributed by atoms with van der Waals surface area (Å²) >= 11 is 0. The predicted molar refractivity (Wildman–Crippen MR) is 56.7 cm³/mol. The lowest BCUT2D eigenvalue weighted by Crippen LogP contribution is -2.44. The van der Waals surface area contributed by atoms with Crippen molar-refractivity contribution < 1.29 is 14.3 Å². The minimum Gasteiger partial charge on any atom is -0.449 e. The lowest BCUT2D eigenvalue weighted by Gasteiger charge is -2.31. The Morgan fingerprint density at radius 3 is 3.00 bits per heavy atom. The van der Waals surface area contributed by atoms with Crippen LogP contribution in [0.2, 0.25) is 0 Å². The molecule has 1 rings (SSSR count). The molecule has 1 aliphatic rings. The molecule has 0 radical (unpaired) electrons. The van der Waals surface area contributed by atoms with Gasteiger partial charge in [0.25, 0.3) is 0 Å². The summed E-state index contributed by atoms with van der Waals surface area (Å²) in [4.78, 5) is 23.9. The van der Waals surface area contributed by atoms with Crippen LogP contribution in [-0.4, -0.2) is 36.5 Å². The Kier molecular flexibility index (Phi) is 5.15. The van der Waals surface area contributed by atoms with E-state index in [2.05, 4.69) is 0 Å². The summed E-state index contributed by atoms with van der Waals surface area (Å²) in [6, 6.07) is -0.270. The molecule has 0 aromatic rings. The number of hydrogen-bond acceptors (Lipinski definition) is 3. The molecule has 0 unspecified atom stereocenters. The second-order valence-electron chi connectivity index (χ2n) is 3.86. The number of carbonyl (C=O) groups excluding carboxylic acids is 2. The van der Waals surface area contributed by atoms with Gasteiger partial charge in [0.05, 0.1) is 12.6 Å². The zero-order chi connectivity index (χ0) is 11.1. The number of ether oxygens (including phenoxy) is 1.